The highest BCUT2D eigenvalue weighted by Gasteiger charge is 2.69. The van der Waals surface area contributed by atoms with Crippen molar-refractivity contribution in [2.24, 2.45) is 5.92 Å². The van der Waals surface area contributed by atoms with Gasteiger partial charge in [-0.25, -0.2) is 19.2 Å². The molecule has 0 unspecified atom stereocenters. The summed E-state index contributed by atoms with van der Waals surface area (Å²) in [6.07, 6.45) is -1.18. The average Bonchev–Trinajstić information content (AvgIpc) is 3.87. The summed E-state index contributed by atoms with van der Waals surface area (Å²) in [5, 5.41) is 0. The number of nitrogens with zero attached hydrogens (tertiary/aromatic N) is 2. The fourth-order valence-corrected chi connectivity index (χ4v) is 5.50. The molecule has 11 heteroatoms. The number of nitrogens with two attached hydrogens (primary N) is 1. The van der Waals surface area contributed by atoms with Gasteiger partial charge in [-0.3, -0.25) is 4.57 Å². The van der Waals surface area contributed by atoms with Crippen molar-refractivity contribution in [2.45, 2.75) is 36.9 Å². The highest BCUT2D eigenvalue weighted by molar-refractivity contribution is 5.91. The maximum atomic E-state index is 13.7. The summed E-state index contributed by atoms with van der Waals surface area (Å²) in [7, 11) is 0. The van der Waals surface area contributed by atoms with Crippen LogP contribution in [0, 0.1) is 5.92 Å². The van der Waals surface area contributed by atoms with Crippen LogP contribution in [0.15, 0.2) is 108 Å². The van der Waals surface area contributed by atoms with Crippen molar-refractivity contribution in [2.75, 3.05) is 12.3 Å². The number of benzene rings is 3. The van der Waals surface area contributed by atoms with E-state index in [0.717, 1.165) is 4.57 Å². The maximum Gasteiger partial charge on any atom is 0.351 e. The smallest absolute Gasteiger partial charge is 0.351 e. The standard InChI is InChI=1S/C33H29N3O8/c34-26-18-19-36(32(40)35-26)28-27(43-30(38)22-12-6-2-7-13-22)33(24-16-17-24,44-31(39)23-14-8-3-9-15-23)25(42-28)20-41-29(37)21-10-4-1-5-11-21/h1-15,18-19,24-25,27-28H,16-17,20H2,(H2,34,35,40)/t25-,27+,28-,33-/m1/s1. The lowest BCUT2D eigenvalue weighted by Gasteiger charge is -2.37. The van der Waals surface area contributed by atoms with Gasteiger partial charge in [0.15, 0.2) is 17.9 Å². The molecule has 1 aromatic heterocycles. The largest absolute Gasteiger partial charge is 0.459 e. The van der Waals surface area contributed by atoms with E-state index in [1.165, 1.54) is 12.3 Å². The van der Waals surface area contributed by atoms with Crippen molar-refractivity contribution in [3.05, 3.63) is 130 Å². The number of nitrogen functional groups attached to an aromatic ring is 1. The minimum atomic E-state index is -1.64. The third-order valence-corrected chi connectivity index (χ3v) is 7.75. The molecule has 1 saturated heterocycles. The monoisotopic (exact) mass is 595 g/mol. The molecule has 4 aromatic rings. The molecule has 224 valence electrons. The minimum absolute atomic E-state index is 0.0145. The number of aromatic nitrogens is 2. The Kier molecular flexibility index (Phi) is 7.95. The van der Waals surface area contributed by atoms with Gasteiger partial charge in [-0.15, -0.1) is 0 Å². The Balaban J connectivity index is 1.44. The molecule has 2 fully saturated rings. The molecule has 44 heavy (non-hydrogen) atoms. The fourth-order valence-electron chi connectivity index (χ4n) is 5.50. The van der Waals surface area contributed by atoms with Crippen LogP contribution in [0.5, 0.6) is 0 Å². The SMILES string of the molecule is Nc1ccn([C@@H]2O[C@H](COC(=O)c3ccccc3)[C@](OC(=O)c3ccccc3)(C3CC3)[C@H]2OC(=O)c2ccccc2)c(=O)n1. The molecule has 2 aliphatic rings. The molecular weight excluding hydrogens is 566 g/mol. The summed E-state index contributed by atoms with van der Waals surface area (Å²) in [6, 6.07) is 26.4. The average molecular weight is 596 g/mol. The lowest BCUT2D eigenvalue weighted by Crippen LogP contribution is -2.56. The quantitative estimate of drug-likeness (QED) is 0.224. The third kappa shape index (κ3) is 5.69. The van der Waals surface area contributed by atoms with Gasteiger partial charge in [-0.1, -0.05) is 54.6 Å². The Morgan fingerprint density at radius 2 is 1.36 bits per heavy atom. The number of ether oxygens (including phenoxy) is 4. The maximum absolute atomic E-state index is 13.7. The molecule has 0 radical (unpaired) electrons. The van der Waals surface area contributed by atoms with Gasteiger partial charge in [-0.2, -0.15) is 4.98 Å². The topological polar surface area (TPSA) is 149 Å². The van der Waals surface area contributed by atoms with Crippen molar-refractivity contribution in [3.8, 4) is 0 Å². The summed E-state index contributed by atoms with van der Waals surface area (Å²) in [6.45, 7) is -0.362. The van der Waals surface area contributed by atoms with E-state index in [4.69, 9.17) is 24.7 Å². The minimum Gasteiger partial charge on any atom is -0.459 e. The molecule has 0 spiro atoms. The number of carbonyl (C=O) groups excluding carboxylic acids is 3. The van der Waals surface area contributed by atoms with Gasteiger partial charge >= 0.3 is 23.6 Å². The lowest BCUT2D eigenvalue weighted by molar-refractivity contribution is -0.121. The van der Waals surface area contributed by atoms with E-state index in [0.29, 0.717) is 18.4 Å². The Bertz CT molecular complexity index is 1710. The van der Waals surface area contributed by atoms with E-state index in [2.05, 4.69) is 4.98 Å². The summed E-state index contributed by atoms with van der Waals surface area (Å²) in [4.78, 5) is 57.1. The summed E-state index contributed by atoms with van der Waals surface area (Å²) >= 11 is 0. The molecule has 3 aromatic carbocycles. The number of anilines is 1. The first-order valence-electron chi connectivity index (χ1n) is 14.1. The van der Waals surface area contributed by atoms with Gasteiger partial charge in [0.05, 0.1) is 16.7 Å². The molecule has 6 rings (SSSR count). The van der Waals surface area contributed by atoms with Crippen LogP contribution in [0.25, 0.3) is 0 Å². The number of hydrogen-bond acceptors (Lipinski definition) is 10. The second-order valence-electron chi connectivity index (χ2n) is 10.6. The second kappa shape index (κ2) is 12.1. The summed E-state index contributed by atoms with van der Waals surface area (Å²) < 4.78 is 25.7. The van der Waals surface area contributed by atoms with Crippen molar-refractivity contribution >= 4 is 23.7 Å². The first kappa shape index (κ1) is 28.8. The van der Waals surface area contributed by atoms with Crippen LogP contribution < -0.4 is 11.4 Å². The van der Waals surface area contributed by atoms with Gasteiger partial charge in [-0.05, 0) is 55.3 Å². The number of carbonyl (C=O) groups is 3. The highest BCUT2D eigenvalue weighted by Crippen LogP contribution is 2.55. The van der Waals surface area contributed by atoms with Crippen LogP contribution in [0.1, 0.15) is 50.1 Å². The highest BCUT2D eigenvalue weighted by atomic mass is 16.7. The second-order valence-corrected chi connectivity index (χ2v) is 10.6. The molecule has 4 atom stereocenters. The van der Waals surface area contributed by atoms with Gasteiger partial charge < -0.3 is 24.7 Å². The van der Waals surface area contributed by atoms with Gasteiger partial charge in [0.2, 0.25) is 0 Å². The van der Waals surface area contributed by atoms with Crippen LogP contribution in [0.3, 0.4) is 0 Å². The van der Waals surface area contributed by atoms with Crippen molar-refractivity contribution in [1.82, 2.24) is 9.55 Å². The van der Waals surface area contributed by atoms with E-state index in [1.807, 2.05) is 0 Å². The molecule has 0 bridgehead atoms. The zero-order chi connectivity index (χ0) is 30.7. The molecular formula is C33H29N3O8. The molecule has 1 aliphatic heterocycles. The van der Waals surface area contributed by atoms with Crippen LogP contribution >= 0.6 is 0 Å². The Morgan fingerprint density at radius 1 is 0.818 bits per heavy atom. The number of esters is 3. The Labute approximate surface area is 252 Å². The van der Waals surface area contributed by atoms with Crippen LogP contribution in [0.2, 0.25) is 0 Å². The van der Waals surface area contributed by atoms with E-state index >= 15 is 0 Å². The number of rotatable bonds is 9. The van der Waals surface area contributed by atoms with E-state index in [1.54, 1.807) is 91.0 Å². The van der Waals surface area contributed by atoms with E-state index in [-0.39, 0.29) is 29.5 Å². The first-order chi connectivity index (χ1) is 21.4. The molecule has 0 amide bonds. The van der Waals surface area contributed by atoms with Gasteiger partial charge in [0.1, 0.15) is 18.5 Å². The number of hydrogen-bond donors (Lipinski definition) is 1. The summed E-state index contributed by atoms with van der Waals surface area (Å²) in [5.74, 6) is -2.39. The third-order valence-electron chi connectivity index (χ3n) is 7.75. The predicted octanol–water partition coefficient (Wildman–Crippen LogP) is 3.81. The fraction of sp³-hybridized carbons (Fsp3) is 0.242. The Morgan fingerprint density at radius 3 is 1.91 bits per heavy atom. The first-order valence-corrected chi connectivity index (χ1v) is 14.1. The van der Waals surface area contributed by atoms with Crippen molar-refractivity contribution < 1.29 is 33.3 Å². The van der Waals surface area contributed by atoms with E-state index in [9.17, 15) is 19.2 Å². The zero-order valence-corrected chi connectivity index (χ0v) is 23.5. The molecule has 11 nitrogen and oxygen atoms in total. The summed E-state index contributed by atoms with van der Waals surface area (Å²) in [5.41, 5.74) is 4.15. The normalized spacial score (nSPS) is 22.6. The van der Waals surface area contributed by atoms with Crippen LogP contribution in [-0.4, -0.2) is 51.9 Å². The molecule has 2 N–H and O–H groups in total. The zero-order valence-electron chi connectivity index (χ0n) is 23.5. The van der Waals surface area contributed by atoms with E-state index < -0.39 is 47.6 Å². The molecule has 2 heterocycles. The van der Waals surface area contributed by atoms with Crippen LogP contribution in [0.4, 0.5) is 5.82 Å². The van der Waals surface area contributed by atoms with Crippen molar-refractivity contribution in [3.63, 3.8) is 0 Å². The predicted molar refractivity (Wildman–Crippen MR) is 157 cm³/mol. The molecule has 1 saturated carbocycles. The lowest BCUT2D eigenvalue weighted by atomic mass is 9.86. The van der Waals surface area contributed by atoms with Gasteiger partial charge in [0, 0.05) is 12.1 Å². The van der Waals surface area contributed by atoms with Crippen molar-refractivity contribution in [1.29, 1.82) is 0 Å². The van der Waals surface area contributed by atoms with Gasteiger partial charge in [0.25, 0.3) is 0 Å². The van der Waals surface area contributed by atoms with Crippen LogP contribution in [-0.2, 0) is 18.9 Å². The molecule has 1 aliphatic carbocycles. The Hall–Kier alpha value is -5.29.